The zero-order valence-electron chi connectivity index (χ0n) is 25.7. The highest BCUT2D eigenvalue weighted by atomic mass is 16.1. The molecule has 1 aromatic heterocycles. The van der Waals surface area contributed by atoms with Crippen molar-refractivity contribution in [3.8, 4) is 0 Å². The Labute approximate surface area is 238 Å². The molecule has 0 amide bonds. The van der Waals surface area contributed by atoms with Gasteiger partial charge in [-0.05, 0) is 117 Å². The van der Waals surface area contributed by atoms with Crippen LogP contribution in [0.1, 0.15) is 133 Å². The van der Waals surface area contributed by atoms with E-state index in [-0.39, 0.29) is 5.78 Å². The fraction of sp³-hybridized carbons (Fsp3) is 0.514. The van der Waals surface area contributed by atoms with E-state index in [1.807, 2.05) is 26.1 Å². The summed E-state index contributed by atoms with van der Waals surface area (Å²) < 4.78 is 0. The minimum absolute atomic E-state index is 0.253. The Morgan fingerprint density at radius 2 is 1.87 bits per heavy atom. The Hall–Kier alpha value is -2.74. The number of ketones is 1. The van der Waals surface area contributed by atoms with Crippen molar-refractivity contribution < 1.29 is 4.79 Å². The van der Waals surface area contributed by atoms with Crippen molar-refractivity contribution in [3.63, 3.8) is 0 Å². The Morgan fingerprint density at radius 1 is 1.08 bits per heavy atom. The van der Waals surface area contributed by atoms with Gasteiger partial charge < -0.3 is 0 Å². The van der Waals surface area contributed by atoms with Crippen LogP contribution in [0.5, 0.6) is 0 Å². The summed E-state index contributed by atoms with van der Waals surface area (Å²) in [6, 6.07) is 11.0. The Morgan fingerprint density at radius 3 is 2.64 bits per heavy atom. The monoisotopic (exact) mass is 525 g/mol. The van der Waals surface area contributed by atoms with Crippen LogP contribution in [-0.4, -0.2) is 10.8 Å². The molecule has 0 saturated heterocycles. The van der Waals surface area contributed by atoms with Crippen LogP contribution >= 0.6 is 0 Å². The molecule has 1 heterocycles. The standard InChI is InChI=1S/C35H45NO.C2H6/c1-25-14-15-26(2)34-31(12-9-21-36-34)24-32(25)33(37)13-7-6-10-28-16-17-30(27(3)22-28)23-29-11-8-19-35(4,5)20-18-29;1-2/h9,12,14,16-17,21-24,26H,6-8,10-11,13,15,18-20H2,1-5H3;1-2H3/b25-14+,29-23-,32-24+;. The first-order valence-electron chi connectivity index (χ1n) is 15.4. The zero-order chi connectivity index (χ0) is 28.4. The van der Waals surface area contributed by atoms with Crippen molar-refractivity contribution in [1.29, 1.82) is 0 Å². The van der Waals surface area contributed by atoms with Gasteiger partial charge in [0.2, 0.25) is 0 Å². The molecular weight excluding hydrogens is 474 g/mol. The molecule has 1 unspecified atom stereocenters. The summed E-state index contributed by atoms with van der Waals surface area (Å²) >= 11 is 0. The molecule has 39 heavy (non-hydrogen) atoms. The van der Waals surface area contributed by atoms with E-state index in [9.17, 15) is 4.79 Å². The maximum absolute atomic E-state index is 13.2. The first kappa shape index (κ1) is 30.8. The van der Waals surface area contributed by atoms with Gasteiger partial charge in [0.15, 0.2) is 5.78 Å². The number of hydrogen-bond donors (Lipinski definition) is 0. The van der Waals surface area contributed by atoms with Crippen molar-refractivity contribution in [2.45, 2.75) is 119 Å². The third kappa shape index (κ3) is 8.88. The molecule has 210 valence electrons. The number of fused-ring (bicyclic) bond motifs is 1. The average molecular weight is 526 g/mol. The normalized spacial score (nSPS) is 22.5. The molecule has 4 rings (SSSR count). The Balaban J connectivity index is 0.00000205. The second-order valence-electron chi connectivity index (χ2n) is 12.2. The van der Waals surface area contributed by atoms with Crippen LogP contribution in [-0.2, 0) is 11.2 Å². The van der Waals surface area contributed by atoms with Gasteiger partial charge in [0.25, 0.3) is 0 Å². The van der Waals surface area contributed by atoms with E-state index in [4.69, 9.17) is 0 Å². The maximum Gasteiger partial charge on any atom is 0.163 e. The fourth-order valence-electron chi connectivity index (χ4n) is 5.82. The predicted molar refractivity (Wildman–Crippen MR) is 169 cm³/mol. The van der Waals surface area contributed by atoms with Gasteiger partial charge in [-0.25, -0.2) is 0 Å². The number of nitrogens with zero attached hydrogens (tertiary/aromatic N) is 1. The van der Waals surface area contributed by atoms with Crippen molar-refractivity contribution in [2.24, 2.45) is 5.41 Å². The first-order valence-corrected chi connectivity index (χ1v) is 15.4. The summed E-state index contributed by atoms with van der Waals surface area (Å²) in [5.74, 6) is 0.618. The first-order chi connectivity index (χ1) is 18.7. The lowest BCUT2D eigenvalue weighted by molar-refractivity contribution is -0.115. The number of aromatic nitrogens is 1. The molecule has 0 spiro atoms. The van der Waals surface area contributed by atoms with Crippen molar-refractivity contribution in [2.75, 3.05) is 0 Å². The number of hydrogen-bond acceptors (Lipinski definition) is 2. The van der Waals surface area contributed by atoms with Crippen LogP contribution in [0.3, 0.4) is 0 Å². The number of aryl methyl sites for hydroxylation is 2. The van der Waals surface area contributed by atoms with Gasteiger partial charge in [-0.1, -0.05) is 76.6 Å². The summed E-state index contributed by atoms with van der Waals surface area (Å²) in [6.07, 6.45) is 19.5. The van der Waals surface area contributed by atoms with E-state index in [1.165, 1.54) is 48.8 Å². The van der Waals surface area contributed by atoms with Crippen LogP contribution in [0, 0.1) is 12.3 Å². The number of benzene rings is 1. The van der Waals surface area contributed by atoms with E-state index in [2.05, 4.69) is 82.1 Å². The number of unbranched alkanes of at least 4 members (excludes halogenated alkanes) is 1. The highest BCUT2D eigenvalue weighted by Crippen LogP contribution is 2.37. The third-order valence-corrected chi connectivity index (χ3v) is 8.43. The highest BCUT2D eigenvalue weighted by Gasteiger charge is 2.21. The molecule has 0 N–H and O–H groups in total. The molecule has 2 aliphatic rings. The predicted octanol–water partition coefficient (Wildman–Crippen LogP) is 10.6. The lowest BCUT2D eigenvalue weighted by atomic mass is 9.85. The lowest BCUT2D eigenvalue weighted by Crippen LogP contribution is -2.08. The summed E-state index contributed by atoms with van der Waals surface area (Å²) in [7, 11) is 0. The van der Waals surface area contributed by atoms with Gasteiger partial charge in [0, 0.05) is 24.1 Å². The van der Waals surface area contributed by atoms with E-state index in [0.717, 1.165) is 48.1 Å². The number of Topliss-reactive ketones (excluding diaryl/α,β-unsaturated/α-hetero) is 1. The number of carbonyl (C=O) groups excluding carboxylic acids is 1. The van der Waals surface area contributed by atoms with Gasteiger partial charge in [-0.15, -0.1) is 0 Å². The van der Waals surface area contributed by atoms with Crippen molar-refractivity contribution in [3.05, 3.63) is 87.3 Å². The smallest absolute Gasteiger partial charge is 0.163 e. The molecule has 1 saturated carbocycles. The van der Waals surface area contributed by atoms with E-state index >= 15 is 0 Å². The highest BCUT2D eigenvalue weighted by molar-refractivity contribution is 6.03. The van der Waals surface area contributed by atoms with Crippen LogP contribution in [0.2, 0.25) is 0 Å². The summed E-state index contributed by atoms with van der Waals surface area (Å²) in [5.41, 5.74) is 10.3. The van der Waals surface area contributed by atoms with Crippen LogP contribution < -0.4 is 0 Å². The van der Waals surface area contributed by atoms with Crippen LogP contribution in [0.15, 0.2) is 59.3 Å². The largest absolute Gasteiger partial charge is 0.294 e. The number of pyridine rings is 1. The molecule has 2 aromatic rings. The zero-order valence-corrected chi connectivity index (χ0v) is 25.7. The number of carbonyl (C=O) groups is 1. The molecule has 1 fully saturated rings. The summed E-state index contributed by atoms with van der Waals surface area (Å²) in [6.45, 7) is 15.3. The van der Waals surface area contributed by atoms with Gasteiger partial charge >= 0.3 is 0 Å². The second-order valence-corrected chi connectivity index (χ2v) is 12.2. The molecule has 1 aromatic carbocycles. The number of rotatable bonds is 7. The van der Waals surface area contributed by atoms with E-state index < -0.39 is 0 Å². The van der Waals surface area contributed by atoms with Gasteiger partial charge in [-0.2, -0.15) is 0 Å². The minimum Gasteiger partial charge on any atom is -0.294 e. The summed E-state index contributed by atoms with van der Waals surface area (Å²) in [4.78, 5) is 17.8. The average Bonchev–Trinajstić information content (AvgIpc) is 3.10. The summed E-state index contributed by atoms with van der Waals surface area (Å²) in [5, 5.41) is 0. The molecule has 2 heteroatoms. The Bertz CT molecular complexity index is 1210. The molecule has 0 bridgehead atoms. The lowest BCUT2D eigenvalue weighted by Gasteiger charge is -2.21. The van der Waals surface area contributed by atoms with E-state index in [1.54, 1.807) is 5.57 Å². The molecule has 2 aliphatic carbocycles. The van der Waals surface area contributed by atoms with Gasteiger partial charge in [0.05, 0.1) is 5.69 Å². The van der Waals surface area contributed by atoms with Gasteiger partial charge in [0.1, 0.15) is 0 Å². The SMILES string of the molecule is CC.CC1=C\CC(C)c2ncccc2/C=C\1C(=O)CCCCc1ccc(/C=C2/CCCC(C)(C)CC2)c(C)c1. The second kappa shape index (κ2) is 14.6. The molecular formula is C37H51NO. The van der Waals surface area contributed by atoms with Crippen molar-refractivity contribution >= 4 is 17.9 Å². The molecule has 0 radical (unpaired) electrons. The van der Waals surface area contributed by atoms with Crippen LogP contribution in [0.25, 0.3) is 12.2 Å². The molecule has 2 nitrogen and oxygen atoms in total. The third-order valence-electron chi connectivity index (χ3n) is 8.43. The Kier molecular flexibility index (Phi) is 11.5. The van der Waals surface area contributed by atoms with E-state index in [0.29, 0.717) is 17.8 Å². The fourth-order valence-corrected chi connectivity index (χ4v) is 5.82. The minimum atomic E-state index is 0.253. The molecule has 0 aliphatic heterocycles. The van der Waals surface area contributed by atoms with Gasteiger partial charge in [-0.3, -0.25) is 9.78 Å². The quantitative estimate of drug-likeness (QED) is 0.266. The molecule has 1 atom stereocenters. The van der Waals surface area contributed by atoms with Crippen molar-refractivity contribution in [1.82, 2.24) is 4.98 Å². The van der Waals surface area contributed by atoms with Crippen LogP contribution in [0.4, 0.5) is 0 Å². The maximum atomic E-state index is 13.2. The topological polar surface area (TPSA) is 30.0 Å². The number of allylic oxidation sites excluding steroid dienone is 4.